The summed E-state index contributed by atoms with van der Waals surface area (Å²) in [6, 6.07) is 12.0. The molecule has 152 valence electrons. The lowest BCUT2D eigenvalue weighted by molar-refractivity contribution is 0.0973. The Morgan fingerprint density at radius 2 is 1.90 bits per heavy atom. The highest BCUT2D eigenvalue weighted by Crippen LogP contribution is 2.18. The van der Waals surface area contributed by atoms with Gasteiger partial charge in [-0.2, -0.15) is 0 Å². The average molecular weight is 427 g/mol. The maximum atomic E-state index is 13.8. The molecule has 2 aromatic carbocycles. The number of aromatic nitrogens is 4. The number of rotatable bonds is 5. The number of hydrogen-bond acceptors (Lipinski definition) is 4. The molecule has 0 atom stereocenters. The molecule has 0 fully saturated rings. The highest BCUT2D eigenvalue weighted by molar-refractivity contribution is 6.33. The summed E-state index contributed by atoms with van der Waals surface area (Å²) < 4.78 is 17.3. The van der Waals surface area contributed by atoms with Gasteiger partial charge in [0.1, 0.15) is 5.82 Å². The quantitative estimate of drug-likeness (QED) is 0.459. The van der Waals surface area contributed by atoms with Crippen molar-refractivity contribution in [3.05, 3.63) is 92.1 Å². The predicted molar refractivity (Wildman–Crippen MR) is 111 cm³/mol. The molecular formula is C21H16ClFN4O3. The minimum absolute atomic E-state index is 0.0484. The fourth-order valence-corrected chi connectivity index (χ4v) is 3.59. The fourth-order valence-electron chi connectivity index (χ4n) is 3.35. The third-order valence-corrected chi connectivity index (χ3v) is 5.10. The van der Waals surface area contributed by atoms with Crippen LogP contribution in [-0.4, -0.2) is 24.5 Å². The van der Waals surface area contributed by atoms with Gasteiger partial charge in [0.15, 0.2) is 16.9 Å². The summed E-state index contributed by atoms with van der Waals surface area (Å²) in [5.74, 6) is -0.846. The van der Waals surface area contributed by atoms with Crippen molar-refractivity contribution in [3.63, 3.8) is 0 Å². The van der Waals surface area contributed by atoms with E-state index in [2.05, 4.69) is 4.98 Å². The maximum absolute atomic E-state index is 13.8. The van der Waals surface area contributed by atoms with Crippen LogP contribution in [-0.2, 0) is 13.1 Å². The zero-order chi connectivity index (χ0) is 21.4. The number of fused-ring (bicyclic) bond motifs is 1. The molecule has 0 aliphatic carbocycles. The number of imidazole rings is 1. The van der Waals surface area contributed by atoms with E-state index < -0.39 is 17.1 Å². The van der Waals surface area contributed by atoms with E-state index in [1.165, 1.54) is 33.7 Å². The van der Waals surface area contributed by atoms with E-state index in [4.69, 9.17) is 11.6 Å². The first-order chi connectivity index (χ1) is 14.4. The minimum atomic E-state index is -0.636. The van der Waals surface area contributed by atoms with Crippen molar-refractivity contribution in [1.29, 1.82) is 0 Å². The van der Waals surface area contributed by atoms with Gasteiger partial charge >= 0.3 is 5.69 Å². The Labute approximate surface area is 174 Å². The molecule has 9 heteroatoms. The first-order valence-corrected chi connectivity index (χ1v) is 9.54. The third-order valence-electron chi connectivity index (χ3n) is 4.77. The number of hydrogen-bond donors (Lipinski definition) is 0. The molecule has 0 saturated heterocycles. The summed E-state index contributed by atoms with van der Waals surface area (Å²) in [7, 11) is 0. The van der Waals surface area contributed by atoms with Crippen molar-refractivity contribution in [2.24, 2.45) is 0 Å². The largest absolute Gasteiger partial charge is 0.337 e. The van der Waals surface area contributed by atoms with Crippen LogP contribution in [0.1, 0.15) is 17.3 Å². The van der Waals surface area contributed by atoms with Crippen molar-refractivity contribution in [2.75, 3.05) is 0 Å². The summed E-state index contributed by atoms with van der Waals surface area (Å²) in [5.41, 5.74) is -0.545. The molecule has 7 nitrogen and oxygen atoms in total. The minimum Gasteiger partial charge on any atom is -0.317 e. The Bertz CT molecular complexity index is 1400. The second kappa shape index (κ2) is 7.72. The molecule has 0 unspecified atom stereocenters. The first kappa shape index (κ1) is 19.8. The molecule has 4 rings (SSSR count). The summed E-state index contributed by atoms with van der Waals surface area (Å²) in [5, 5.41) is 0.301. The van der Waals surface area contributed by atoms with E-state index in [9.17, 15) is 18.8 Å². The zero-order valence-corrected chi connectivity index (χ0v) is 16.6. The van der Waals surface area contributed by atoms with Crippen LogP contribution in [0.15, 0.2) is 64.4 Å². The van der Waals surface area contributed by atoms with Gasteiger partial charge in [-0.3, -0.25) is 14.2 Å². The molecule has 0 amide bonds. The van der Waals surface area contributed by atoms with Gasteiger partial charge in [-0.1, -0.05) is 29.8 Å². The van der Waals surface area contributed by atoms with Crippen LogP contribution >= 0.6 is 11.6 Å². The predicted octanol–water partition coefficient (Wildman–Crippen LogP) is 3.04. The topological polar surface area (TPSA) is 78.9 Å². The summed E-state index contributed by atoms with van der Waals surface area (Å²) in [6.07, 6.45) is 1.32. The number of Topliss-reactive ketones (excluding diaryl/α,β-unsaturated/α-hetero) is 1. The van der Waals surface area contributed by atoms with E-state index >= 15 is 0 Å². The third kappa shape index (κ3) is 3.25. The number of ketones is 1. The number of halogens is 2. The van der Waals surface area contributed by atoms with Gasteiger partial charge in [0.2, 0.25) is 0 Å². The zero-order valence-electron chi connectivity index (χ0n) is 15.9. The van der Waals surface area contributed by atoms with Crippen molar-refractivity contribution in [1.82, 2.24) is 18.7 Å². The lowest BCUT2D eigenvalue weighted by Crippen LogP contribution is -2.39. The molecule has 0 N–H and O–H groups in total. The summed E-state index contributed by atoms with van der Waals surface area (Å²) >= 11 is 6.10. The average Bonchev–Trinajstić information content (AvgIpc) is 3.12. The second-order valence-electron chi connectivity index (χ2n) is 6.59. The van der Waals surface area contributed by atoms with E-state index in [1.807, 2.05) is 0 Å². The van der Waals surface area contributed by atoms with Crippen molar-refractivity contribution < 1.29 is 9.18 Å². The van der Waals surface area contributed by atoms with Crippen LogP contribution in [0.25, 0.3) is 16.9 Å². The Hall–Kier alpha value is -3.52. The van der Waals surface area contributed by atoms with E-state index in [0.29, 0.717) is 10.6 Å². The van der Waals surface area contributed by atoms with Gasteiger partial charge in [0.05, 0.1) is 23.6 Å². The molecule has 0 aliphatic rings. The Kier molecular flexibility index (Phi) is 5.09. The van der Waals surface area contributed by atoms with Gasteiger partial charge < -0.3 is 4.57 Å². The number of carbonyl (C=O) groups is 1. The number of nitrogens with zero attached hydrogens (tertiary/aromatic N) is 4. The molecular weight excluding hydrogens is 411 g/mol. The molecule has 0 aliphatic heterocycles. The van der Waals surface area contributed by atoms with Gasteiger partial charge in [-0.05, 0) is 37.3 Å². The lowest BCUT2D eigenvalue weighted by Gasteiger charge is -2.11. The highest BCUT2D eigenvalue weighted by atomic mass is 35.5. The van der Waals surface area contributed by atoms with Crippen molar-refractivity contribution in [3.8, 4) is 5.69 Å². The molecule has 4 aromatic rings. The van der Waals surface area contributed by atoms with Gasteiger partial charge in [-0.25, -0.2) is 18.7 Å². The van der Waals surface area contributed by atoms with Crippen LogP contribution in [0.4, 0.5) is 4.39 Å². The monoisotopic (exact) mass is 426 g/mol. The first-order valence-electron chi connectivity index (χ1n) is 9.16. The van der Waals surface area contributed by atoms with E-state index in [0.717, 1.165) is 4.57 Å². The molecule has 2 aromatic heterocycles. The second-order valence-corrected chi connectivity index (χ2v) is 7.00. The van der Waals surface area contributed by atoms with Gasteiger partial charge in [0.25, 0.3) is 5.56 Å². The number of carbonyl (C=O) groups excluding carboxylic acids is 1. The van der Waals surface area contributed by atoms with E-state index in [1.54, 1.807) is 37.3 Å². The van der Waals surface area contributed by atoms with Crippen molar-refractivity contribution >= 4 is 28.5 Å². The highest BCUT2D eigenvalue weighted by Gasteiger charge is 2.20. The van der Waals surface area contributed by atoms with Crippen LogP contribution in [0.2, 0.25) is 5.02 Å². The molecule has 2 heterocycles. The molecule has 0 saturated carbocycles. The van der Waals surface area contributed by atoms with Crippen LogP contribution in [0, 0.1) is 5.82 Å². The maximum Gasteiger partial charge on any atom is 0.337 e. The van der Waals surface area contributed by atoms with Crippen LogP contribution < -0.4 is 11.2 Å². The van der Waals surface area contributed by atoms with Crippen LogP contribution in [0.5, 0.6) is 0 Å². The Morgan fingerprint density at radius 3 is 2.60 bits per heavy atom. The van der Waals surface area contributed by atoms with E-state index in [-0.39, 0.29) is 35.7 Å². The molecule has 0 radical (unpaired) electrons. The van der Waals surface area contributed by atoms with Gasteiger partial charge in [0, 0.05) is 12.1 Å². The van der Waals surface area contributed by atoms with Gasteiger partial charge in [-0.15, -0.1) is 0 Å². The normalized spacial score (nSPS) is 11.2. The standard InChI is InChI=1S/C21H16ClFN4O3/c1-2-26-20(29)18-19(27(21(26)30)14-7-5-6-13(23)10-14)24-12-25(18)11-17(28)15-8-3-4-9-16(15)22/h3-10,12H,2,11H2,1H3. The lowest BCUT2D eigenvalue weighted by atomic mass is 10.1. The Morgan fingerprint density at radius 1 is 1.13 bits per heavy atom. The SMILES string of the molecule is CCn1c(=O)c2c(ncn2CC(=O)c2ccccc2Cl)n(-c2cccc(F)c2)c1=O. The fraction of sp³-hybridized carbons (Fsp3) is 0.143. The summed E-state index contributed by atoms with van der Waals surface area (Å²) in [4.78, 5) is 42.8. The van der Waals surface area contributed by atoms with Crippen LogP contribution in [0.3, 0.4) is 0 Å². The smallest absolute Gasteiger partial charge is 0.317 e. The Balaban J connectivity index is 1.93. The number of benzene rings is 2. The van der Waals surface area contributed by atoms with Crippen molar-refractivity contribution in [2.45, 2.75) is 20.0 Å². The molecule has 0 spiro atoms. The molecule has 30 heavy (non-hydrogen) atoms. The molecule has 0 bridgehead atoms. The summed E-state index contributed by atoms with van der Waals surface area (Å²) in [6.45, 7) is 1.56.